The van der Waals surface area contributed by atoms with Crippen LogP contribution in [0, 0.1) is 0 Å². The highest BCUT2D eigenvalue weighted by Crippen LogP contribution is 2.37. The molecule has 4 rings (SSSR count). The van der Waals surface area contributed by atoms with Gasteiger partial charge in [0.05, 0.1) is 29.3 Å². The summed E-state index contributed by atoms with van der Waals surface area (Å²) in [5, 5.41) is 11.1. The van der Waals surface area contributed by atoms with Crippen LogP contribution in [0.15, 0.2) is 52.3 Å². The largest absolute Gasteiger partial charge is 0.285 e. The summed E-state index contributed by atoms with van der Waals surface area (Å²) in [5.41, 5.74) is 3.40. The quantitative estimate of drug-likeness (QED) is 0.858. The van der Waals surface area contributed by atoms with Crippen molar-refractivity contribution in [2.75, 3.05) is 11.5 Å². The Balaban J connectivity index is 1.68. The highest BCUT2D eigenvalue weighted by Gasteiger charge is 2.39. The van der Waals surface area contributed by atoms with Crippen LogP contribution in [0.4, 0.5) is 0 Å². The zero-order valence-electron chi connectivity index (χ0n) is 12.6. The minimum Gasteiger partial charge on any atom is -0.285 e. The van der Waals surface area contributed by atoms with Crippen LogP contribution in [-0.2, 0) is 9.84 Å². The van der Waals surface area contributed by atoms with Crippen LogP contribution in [0.2, 0.25) is 0 Å². The summed E-state index contributed by atoms with van der Waals surface area (Å²) in [7, 11) is -2.92. The van der Waals surface area contributed by atoms with Crippen LogP contribution >= 0.6 is 11.3 Å². The highest BCUT2D eigenvalue weighted by atomic mass is 32.2. The molecule has 4 nitrogen and oxygen atoms in total. The van der Waals surface area contributed by atoms with Crippen LogP contribution in [-0.4, -0.2) is 36.7 Å². The first-order chi connectivity index (χ1) is 11.1. The normalized spacial score (nSPS) is 26.4. The molecule has 3 heterocycles. The third-order valence-electron chi connectivity index (χ3n) is 4.56. The van der Waals surface area contributed by atoms with Crippen molar-refractivity contribution in [1.29, 1.82) is 0 Å². The molecular formula is C17H18N2O2S2. The van der Waals surface area contributed by atoms with E-state index in [1.165, 1.54) is 5.56 Å². The molecule has 0 unspecified atom stereocenters. The van der Waals surface area contributed by atoms with Gasteiger partial charge in [-0.15, -0.1) is 0 Å². The Kier molecular flexibility index (Phi) is 3.73. The summed E-state index contributed by atoms with van der Waals surface area (Å²) in [6, 6.07) is 12.4. The van der Waals surface area contributed by atoms with Gasteiger partial charge in [-0.05, 0) is 34.4 Å². The van der Waals surface area contributed by atoms with Crippen molar-refractivity contribution in [1.82, 2.24) is 5.01 Å². The minimum atomic E-state index is -2.92. The number of hydrazone groups is 1. The molecule has 0 N–H and O–H groups in total. The van der Waals surface area contributed by atoms with Crippen molar-refractivity contribution < 1.29 is 8.42 Å². The lowest BCUT2D eigenvalue weighted by Crippen LogP contribution is -2.32. The summed E-state index contributed by atoms with van der Waals surface area (Å²) >= 11 is 1.67. The van der Waals surface area contributed by atoms with Gasteiger partial charge in [0.25, 0.3) is 0 Å². The number of rotatable bonds is 3. The molecule has 0 aliphatic carbocycles. The molecule has 1 aromatic carbocycles. The Morgan fingerprint density at radius 2 is 2.00 bits per heavy atom. The first-order valence-electron chi connectivity index (χ1n) is 7.76. The Bertz CT molecular complexity index is 814. The maximum absolute atomic E-state index is 11.9. The predicted octanol–water partition coefficient (Wildman–Crippen LogP) is 3.09. The molecule has 0 spiro atoms. The van der Waals surface area contributed by atoms with Crippen molar-refractivity contribution >= 4 is 26.9 Å². The Morgan fingerprint density at radius 1 is 1.17 bits per heavy atom. The van der Waals surface area contributed by atoms with E-state index in [9.17, 15) is 8.42 Å². The number of hydrogen-bond donors (Lipinski definition) is 0. The van der Waals surface area contributed by atoms with Gasteiger partial charge in [0, 0.05) is 6.42 Å². The molecule has 1 saturated heterocycles. The molecule has 2 aliphatic heterocycles. The van der Waals surface area contributed by atoms with E-state index in [1.807, 2.05) is 18.2 Å². The summed E-state index contributed by atoms with van der Waals surface area (Å²) in [6.07, 6.45) is 1.51. The SMILES string of the molecule is O=S1(=O)CC[C@@H](N2N=C(c3ccccc3)C[C@@H]2c2ccsc2)C1. The molecule has 120 valence electrons. The second kappa shape index (κ2) is 5.76. The third-order valence-corrected chi connectivity index (χ3v) is 7.01. The first-order valence-corrected chi connectivity index (χ1v) is 10.5. The minimum absolute atomic E-state index is 0.00823. The van der Waals surface area contributed by atoms with Crippen LogP contribution in [0.3, 0.4) is 0 Å². The maximum atomic E-state index is 11.9. The van der Waals surface area contributed by atoms with Gasteiger partial charge < -0.3 is 0 Å². The Labute approximate surface area is 140 Å². The lowest BCUT2D eigenvalue weighted by atomic mass is 10.00. The number of benzene rings is 1. The van der Waals surface area contributed by atoms with Gasteiger partial charge in [0.15, 0.2) is 9.84 Å². The summed E-state index contributed by atoms with van der Waals surface area (Å²) < 4.78 is 23.7. The molecule has 0 amide bonds. The second-order valence-corrected chi connectivity index (χ2v) is 9.13. The number of thiophene rings is 1. The maximum Gasteiger partial charge on any atom is 0.152 e. The van der Waals surface area contributed by atoms with E-state index < -0.39 is 9.84 Å². The van der Waals surface area contributed by atoms with Crippen LogP contribution in [0.5, 0.6) is 0 Å². The molecule has 0 saturated carbocycles. The van der Waals surface area contributed by atoms with Crippen molar-refractivity contribution in [3.8, 4) is 0 Å². The van der Waals surface area contributed by atoms with Gasteiger partial charge in [0.2, 0.25) is 0 Å². The fourth-order valence-corrected chi connectivity index (χ4v) is 5.80. The van der Waals surface area contributed by atoms with Gasteiger partial charge in [0.1, 0.15) is 0 Å². The van der Waals surface area contributed by atoms with E-state index in [-0.39, 0.29) is 23.6 Å². The second-order valence-electron chi connectivity index (χ2n) is 6.13. The van der Waals surface area contributed by atoms with Crippen molar-refractivity contribution in [2.24, 2.45) is 5.10 Å². The molecule has 0 bridgehead atoms. The van der Waals surface area contributed by atoms with Crippen LogP contribution in [0.1, 0.15) is 30.0 Å². The molecule has 1 aromatic heterocycles. The van der Waals surface area contributed by atoms with E-state index in [0.717, 1.165) is 17.7 Å². The van der Waals surface area contributed by atoms with E-state index in [1.54, 1.807) is 11.3 Å². The zero-order chi connectivity index (χ0) is 15.9. The van der Waals surface area contributed by atoms with Gasteiger partial charge in [-0.1, -0.05) is 30.3 Å². The van der Waals surface area contributed by atoms with Crippen LogP contribution < -0.4 is 0 Å². The monoisotopic (exact) mass is 346 g/mol. The Morgan fingerprint density at radius 3 is 2.65 bits per heavy atom. The topological polar surface area (TPSA) is 49.7 Å². The molecule has 1 fully saturated rings. The lowest BCUT2D eigenvalue weighted by Gasteiger charge is -2.28. The highest BCUT2D eigenvalue weighted by molar-refractivity contribution is 7.91. The van der Waals surface area contributed by atoms with Crippen molar-refractivity contribution in [3.63, 3.8) is 0 Å². The fraction of sp³-hybridized carbons (Fsp3) is 0.353. The first kappa shape index (κ1) is 14.9. The van der Waals surface area contributed by atoms with Crippen LogP contribution in [0.25, 0.3) is 0 Å². The Hall–Kier alpha value is -1.66. The average Bonchev–Trinajstić information content (AvgIpc) is 3.25. The summed E-state index contributed by atoms with van der Waals surface area (Å²) in [4.78, 5) is 0. The smallest absolute Gasteiger partial charge is 0.152 e. The molecule has 2 atom stereocenters. The van der Waals surface area contributed by atoms with Gasteiger partial charge >= 0.3 is 0 Å². The summed E-state index contributed by atoms with van der Waals surface area (Å²) in [6.45, 7) is 0. The third kappa shape index (κ3) is 2.93. The van der Waals surface area contributed by atoms with Gasteiger partial charge in [-0.2, -0.15) is 16.4 Å². The standard InChI is InChI=1S/C17H18N2O2S2/c20-23(21)9-7-15(12-23)19-17(14-6-8-22-11-14)10-16(18-19)13-4-2-1-3-5-13/h1-6,8,11,15,17H,7,9-10,12H2/t15-,17-/m1/s1. The molecule has 6 heteroatoms. The molecule has 0 radical (unpaired) electrons. The average molecular weight is 346 g/mol. The number of hydrogen-bond acceptors (Lipinski definition) is 5. The fourth-order valence-electron chi connectivity index (χ4n) is 3.39. The van der Waals surface area contributed by atoms with E-state index >= 15 is 0 Å². The molecule has 2 aromatic rings. The van der Waals surface area contributed by atoms with Gasteiger partial charge in [-0.25, -0.2) is 8.42 Å². The van der Waals surface area contributed by atoms with E-state index in [2.05, 4.69) is 34.0 Å². The summed E-state index contributed by atoms with van der Waals surface area (Å²) in [5.74, 6) is 0.500. The van der Waals surface area contributed by atoms with E-state index in [0.29, 0.717) is 6.42 Å². The predicted molar refractivity (Wildman–Crippen MR) is 93.6 cm³/mol. The number of nitrogens with zero attached hydrogens (tertiary/aromatic N) is 2. The van der Waals surface area contributed by atoms with Crippen molar-refractivity contribution in [2.45, 2.75) is 24.9 Å². The molecule has 23 heavy (non-hydrogen) atoms. The van der Waals surface area contributed by atoms with Crippen molar-refractivity contribution in [3.05, 3.63) is 58.3 Å². The molecular weight excluding hydrogens is 328 g/mol. The lowest BCUT2D eigenvalue weighted by molar-refractivity contribution is 0.176. The number of sulfone groups is 1. The molecule has 2 aliphatic rings. The van der Waals surface area contributed by atoms with Gasteiger partial charge in [-0.3, -0.25) is 5.01 Å². The van der Waals surface area contributed by atoms with E-state index in [4.69, 9.17) is 5.10 Å². The zero-order valence-corrected chi connectivity index (χ0v) is 14.3.